The minimum absolute atomic E-state index is 0.0320. The van der Waals surface area contributed by atoms with Crippen LogP contribution in [0.2, 0.25) is 0 Å². The van der Waals surface area contributed by atoms with E-state index in [1.165, 1.54) is 6.07 Å². The molecule has 0 aliphatic rings. The Kier molecular flexibility index (Phi) is 4.07. The van der Waals surface area contributed by atoms with Crippen molar-refractivity contribution < 1.29 is 26.3 Å². The molecule has 0 heterocycles. The maximum Gasteiger partial charge on any atom is 0.392 e. The van der Waals surface area contributed by atoms with Gasteiger partial charge in [-0.3, -0.25) is 0 Å². The Morgan fingerprint density at radius 1 is 1.28 bits per heavy atom. The smallest absolute Gasteiger partial charge is 0.392 e. The van der Waals surface area contributed by atoms with Gasteiger partial charge < -0.3 is 10.5 Å². The Morgan fingerprint density at radius 2 is 1.89 bits per heavy atom. The summed E-state index contributed by atoms with van der Waals surface area (Å²) in [6, 6.07) is 3.32. The molecule has 4 N–H and O–H groups in total. The van der Waals surface area contributed by atoms with E-state index >= 15 is 0 Å². The number of rotatable bonds is 4. The van der Waals surface area contributed by atoms with Crippen LogP contribution < -0.4 is 15.6 Å². The number of primary sulfonamides is 1. The predicted molar refractivity (Wildman–Crippen MR) is 58.4 cm³/mol. The zero-order valence-corrected chi connectivity index (χ0v) is 9.88. The number of nitrogen functional groups attached to an aromatic ring is 1. The second-order valence-corrected chi connectivity index (χ2v) is 5.02. The van der Waals surface area contributed by atoms with E-state index in [4.69, 9.17) is 15.6 Å². The lowest BCUT2D eigenvalue weighted by atomic mass is 10.3. The summed E-state index contributed by atoms with van der Waals surface area (Å²) in [5.74, 6) is -0.147. The van der Waals surface area contributed by atoms with E-state index in [-0.39, 0.29) is 16.3 Å². The fourth-order valence-electron chi connectivity index (χ4n) is 1.09. The molecule has 18 heavy (non-hydrogen) atoms. The molecule has 0 aliphatic heterocycles. The van der Waals surface area contributed by atoms with Gasteiger partial charge >= 0.3 is 6.18 Å². The summed E-state index contributed by atoms with van der Waals surface area (Å²) < 4.78 is 62.5. The topological polar surface area (TPSA) is 95.4 Å². The van der Waals surface area contributed by atoms with Crippen LogP contribution in [0.25, 0.3) is 0 Å². The number of hydrogen-bond acceptors (Lipinski definition) is 4. The Hall–Kier alpha value is -1.48. The molecule has 0 aliphatic carbocycles. The van der Waals surface area contributed by atoms with Crippen molar-refractivity contribution in [1.29, 1.82) is 0 Å². The molecule has 1 rings (SSSR count). The molecule has 1 aromatic rings. The SMILES string of the molecule is Nc1ccc(S(N)(=O)=O)cc1OCCC(F)(F)F. The second kappa shape index (κ2) is 5.02. The molecule has 9 heteroatoms. The van der Waals surface area contributed by atoms with Crippen LogP contribution >= 0.6 is 0 Å². The molecule has 0 bridgehead atoms. The van der Waals surface area contributed by atoms with E-state index in [1.54, 1.807) is 0 Å². The highest BCUT2D eigenvalue weighted by Gasteiger charge is 2.27. The van der Waals surface area contributed by atoms with Crippen LogP contribution in [0.15, 0.2) is 23.1 Å². The predicted octanol–water partition coefficient (Wildman–Crippen LogP) is 1.25. The Balaban J connectivity index is 2.83. The third kappa shape index (κ3) is 4.41. The van der Waals surface area contributed by atoms with Crippen LogP contribution in [0.5, 0.6) is 5.75 Å². The first-order valence-electron chi connectivity index (χ1n) is 4.71. The first-order valence-corrected chi connectivity index (χ1v) is 6.26. The van der Waals surface area contributed by atoms with Gasteiger partial charge in [0.05, 0.1) is 23.6 Å². The van der Waals surface area contributed by atoms with E-state index in [1.807, 2.05) is 0 Å². The third-order valence-corrected chi connectivity index (χ3v) is 2.87. The van der Waals surface area contributed by atoms with Gasteiger partial charge in [0.1, 0.15) is 5.75 Å². The molecule has 0 spiro atoms. The molecular weight excluding hydrogens is 273 g/mol. The number of anilines is 1. The van der Waals surface area contributed by atoms with E-state index in [0.717, 1.165) is 12.1 Å². The summed E-state index contributed by atoms with van der Waals surface area (Å²) in [6.45, 7) is -0.651. The van der Waals surface area contributed by atoms with Crippen LogP contribution in [0.3, 0.4) is 0 Å². The maximum absolute atomic E-state index is 11.9. The molecule has 0 saturated carbocycles. The standard InChI is InChI=1S/C9H11F3N2O3S/c10-9(11,12)3-4-17-8-5-6(18(14,15)16)1-2-7(8)13/h1-2,5H,3-4,13H2,(H2,14,15,16). The number of ether oxygens (including phenoxy) is 1. The zero-order valence-electron chi connectivity index (χ0n) is 9.07. The van der Waals surface area contributed by atoms with Crippen molar-refractivity contribution in [2.75, 3.05) is 12.3 Å². The van der Waals surface area contributed by atoms with Crippen molar-refractivity contribution in [3.63, 3.8) is 0 Å². The molecule has 0 unspecified atom stereocenters. The van der Waals surface area contributed by atoms with Crippen LogP contribution in [0.4, 0.5) is 18.9 Å². The summed E-state index contributed by atoms with van der Waals surface area (Å²) in [5.41, 5.74) is 5.47. The van der Waals surface area contributed by atoms with E-state index in [0.29, 0.717) is 0 Å². The van der Waals surface area contributed by atoms with Gasteiger partial charge in [-0.05, 0) is 12.1 Å². The van der Waals surface area contributed by atoms with Crippen LogP contribution in [-0.4, -0.2) is 21.2 Å². The van der Waals surface area contributed by atoms with Crippen molar-refractivity contribution in [2.45, 2.75) is 17.5 Å². The van der Waals surface area contributed by atoms with Gasteiger partial charge in [0.2, 0.25) is 10.0 Å². The highest BCUT2D eigenvalue weighted by Crippen LogP contribution is 2.26. The first-order chi connectivity index (χ1) is 8.09. The minimum Gasteiger partial charge on any atom is -0.491 e. The van der Waals surface area contributed by atoms with Crippen molar-refractivity contribution in [1.82, 2.24) is 0 Å². The number of halogens is 3. The molecular formula is C9H11F3N2O3S. The largest absolute Gasteiger partial charge is 0.491 e. The lowest BCUT2D eigenvalue weighted by molar-refractivity contribution is -0.139. The second-order valence-electron chi connectivity index (χ2n) is 3.46. The number of alkyl halides is 3. The van der Waals surface area contributed by atoms with E-state index in [2.05, 4.69) is 0 Å². The molecule has 0 radical (unpaired) electrons. The van der Waals surface area contributed by atoms with Gasteiger partial charge in [0.25, 0.3) is 0 Å². The molecule has 1 aromatic carbocycles. The Labute approximate surface area is 102 Å². The summed E-state index contributed by atoms with van der Waals surface area (Å²) in [7, 11) is -3.95. The van der Waals surface area contributed by atoms with Gasteiger partial charge in [0, 0.05) is 6.07 Å². The molecule has 5 nitrogen and oxygen atoms in total. The van der Waals surface area contributed by atoms with Gasteiger partial charge in [-0.25, -0.2) is 13.6 Å². The van der Waals surface area contributed by atoms with Crippen molar-refractivity contribution in [3.05, 3.63) is 18.2 Å². The maximum atomic E-state index is 11.9. The van der Waals surface area contributed by atoms with Crippen LogP contribution in [0.1, 0.15) is 6.42 Å². The number of hydrogen-bond donors (Lipinski definition) is 2. The molecule has 0 saturated heterocycles. The van der Waals surface area contributed by atoms with E-state index in [9.17, 15) is 21.6 Å². The fourth-order valence-corrected chi connectivity index (χ4v) is 1.62. The van der Waals surface area contributed by atoms with Gasteiger partial charge in [0.15, 0.2) is 0 Å². The lowest BCUT2D eigenvalue weighted by Crippen LogP contribution is -2.15. The van der Waals surface area contributed by atoms with Crippen LogP contribution in [0, 0.1) is 0 Å². The molecule has 0 atom stereocenters. The zero-order chi connectivity index (χ0) is 14.0. The van der Waals surface area contributed by atoms with Gasteiger partial charge in [-0.2, -0.15) is 13.2 Å². The summed E-state index contributed by atoms with van der Waals surface area (Å²) in [6.07, 6.45) is -5.52. The van der Waals surface area contributed by atoms with E-state index < -0.39 is 29.2 Å². The number of benzene rings is 1. The highest BCUT2D eigenvalue weighted by molar-refractivity contribution is 7.89. The molecule has 0 amide bonds. The van der Waals surface area contributed by atoms with Gasteiger partial charge in [-0.1, -0.05) is 0 Å². The Bertz CT molecular complexity index is 528. The average molecular weight is 284 g/mol. The van der Waals surface area contributed by atoms with Crippen molar-refractivity contribution >= 4 is 15.7 Å². The van der Waals surface area contributed by atoms with Crippen molar-refractivity contribution in [3.8, 4) is 5.75 Å². The Morgan fingerprint density at radius 3 is 2.39 bits per heavy atom. The third-order valence-electron chi connectivity index (χ3n) is 1.96. The summed E-state index contributed by atoms with van der Waals surface area (Å²) in [5, 5.41) is 4.87. The normalized spacial score (nSPS) is 12.4. The van der Waals surface area contributed by atoms with Gasteiger partial charge in [-0.15, -0.1) is 0 Å². The highest BCUT2D eigenvalue weighted by atomic mass is 32.2. The monoisotopic (exact) mass is 284 g/mol. The fraction of sp³-hybridized carbons (Fsp3) is 0.333. The lowest BCUT2D eigenvalue weighted by Gasteiger charge is -2.11. The number of sulfonamides is 1. The first kappa shape index (κ1) is 14.6. The number of nitrogens with two attached hydrogens (primary N) is 2. The van der Waals surface area contributed by atoms with Crippen LogP contribution in [-0.2, 0) is 10.0 Å². The minimum atomic E-state index is -4.35. The summed E-state index contributed by atoms with van der Waals surface area (Å²) >= 11 is 0. The summed E-state index contributed by atoms with van der Waals surface area (Å²) in [4.78, 5) is -0.279. The molecule has 0 fully saturated rings. The quantitative estimate of drug-likeness (QED) is 0.813. The average Bonchev–Trinajstić information content (AvgIpc) is 2.17. The van der Waals surface area contributed by atoms with Crippen molar-refractivity contribution in [2.24, 2.45) is 5.14 Å². The molecule has 102 valence electrons. The molecule has 0 aromatic heterocycles.